The number of hydrogen-bond acceptors (Lipinski definition) is 5. The number of nitro groups is 1. The predicted octanol–water partition coefficient (Wildman–Crippen LogP) is 3.78. The number of carboxylic acid groups (broad SMARTS) is 1. The van der Waals surface area contributed by atoms with Gasteiger partial charge in [0.1, 0.15) is 5.02 Å². The lowest BCUT2D eigenvalue weighted by molar-refractivity contribution is -0.384. The summed E-state index contributed by atoms with van der Waals surface area (Å²) in [6, 6.07) is 10.6. The minimum absolute atomic E-state index is 0.0377. The van der Waals surface area contributed by atoms with Gasteiger partial charge in [0, 0.05) is 11.6 Å². The molecule has 0 saturated carbocycles. The highest BCUT2D eigenvalue weighted by atomic mass is 35.5. The molecule has 0 radical (unpaired) electrons. The van der Waals surface area contributed by atoms with Gasteiger partial charge in [-0.15, -0.1) is 0 Å². The maximum absolute atomic E-state index is 11.1. The Morgan fingerprint density at radius 1 is 1.30 bits per heavy atom. The van der Waals surface area contributed by atoms with Crippen molar-refractivity contribution >= 4 is 34.7 Å². The highest BCUT2D eigenvalue weighted by Crippen LogP contribution is 2.25. The molecule has 8 heteroatoms. The molecular formula is C15H12ClN3O4. The van der Waals surface area contributed by atoms with Crippen LogP contribution in [-0.4, -0.2) is 21.7 Å². The van der Waals surface area contributed by atoms with Crippen LogP contribution in [0.5, 0.6) is 0 Å². The lowest BCUT2D eigenvalue weighted by atomic mass is 10.1. The van der Waals surface area contributed by atoms with Crippen LogP contribution < -0.4 is 5.43 Å². The van der Waals surface area contributed by atoms with Crippen LogP contribution >= 0.6 is 11.6 Å². The largest absolute Gasteiger partial charge is 0.478 e. The van der Waals surface area contributed by atoms with Gasteiger partial charge in [-0.1, -0.05) is 29.8 Å². The van der Waals surface area contributed by atoms with E-state index in [0.717, 1.165) is 0 Å². The molecule has 2 N–H and O–H groups in total. The van der Waals surface area contributed by atoms with Crippen molar-refractivity contribution in [1.29, 1.82) is 0 Å². The van der Waals surface area contributed by atoms with E-state index in [9.17, 15) is 14.9 Å². The van der Waals surface area contributed by atoms with Gasteiger partial charge in [-0.25, -0.2) is 4.79 Å². The number of nitro benzene ring substituents is 1. The third-order valence-electron chi connectivity index (χ3n) is 3.06. The molecule has 2 aromatic carbocycles. The fourth-order valence-electron chi connectivity index (χ4n) is 1.85. The van der Waals surface area contributed by atoms with Gasteiger partial charge in [0.2, 0.25) is 0 Å². The second-order valence-electron chi connectivity index (χ2n) is 4.58. The summed E-state index contributed by atoms with van der Waals surface area (Å²) in [4.78, 5) is 21.4. The van der Waals surface area contributed by atoms with E-state index in [-0.39, 0.29) is 16.3 Å². The molecular weight excluding hydrogens is 322 g/mol. The number of rotatable bonds is 5. The summed E-state index contributed by atoms with van der Waals surface area (Å²) >= 11 is 5.76. The van der Waals surface area contributed by atoms with Crippen molar-refractivity contribution in [1.82, 2.24) is 0 Å². The summed E-state index contributed by atoms with van der Waals surface area (Å²) in [5.41, 5.74) is 3.79. The number of nitrogens with zero attached hydrogens (tertiary/aromatic N) is 2. The Morgan fingerprint density at radius 3 is 2.65 bits per heavy atom. The molecule has 7 nitrogen and oxygen atoms in total. The van der Waals surface area contributed by atoms with Crippen LogP contribution in [0.4, 0.5) is 11.4 Å². The van der Waals surface area contributed by atoms with Crippen molar-refractivity contribution in [3.63, 3.8) is 0 Å². The molecule has 0 saturated heterocycles. The summed E-state index contributed by atoms with van der Waals surface area (Å²) in [6.45, 7) is 1.64. The smallest absolute Gasteiger partial charge is 0.337 e. The number of hydrogen-bond donors (Lipinski definition) is 2. The normalized spacial score (nSPS) is 11.1. The molecule has 0 aromatic heterocycles. The average Bonchev–Trinajstić information content (AvgIpc) is 2.52. The number of nitrogens with one attached hydrogen (secondary N) is 1. The molecule has 0 bridgehead atoms. The number of anilines is 1. The van der Waals surface area contributed by atoms with Gasteiger partial charge in [-0.05, 0) is 25.1 Å². The second kappa shape index (κ2) is 6.89. The molecule has 23 heavy (non-hydrogen) atoms. The Morgan fingerprint density at radius 2 is 2.00 bits per heavy atom. The first-order chi connectivity index (χ1) is 10.9. The van der Waals surface area contributed by atoms with E-state index in [0.29, 0.717) is 17.0 Å². The van der Waals surface area contributed by atoms with Gasteiger partial charge < -0.3 is 5.11 Å². The zero-order valence-electron chi connectivity index (χ0n) is 12.0. The summed E-state index contributed by atoms with van der Waals surface area (Å²) in [5.74, 6) is -1.08. The Bertz CT molecular complexity index is 805. The monoisotopic (exact) mass is 333 g/mol. The van der Waals surface area contributed by atoms with Gasteiger partial charge in [-0.2, -0.15) is 5.10 Å². The van der Waals surface area contributed by atoms with Crippen molar-refractivity contribution < 1.29 is 14.8 Å². The van der Waals surface area contributed by atoms with Crippen LogP contribution in [0.1, 0.15) is 22.8 Å². The van der Waals surface area contributed by atoms with Crippen molar-refractivity contribution in [2.45, 2.75) is 6.92 Å². The zero-order chi connectivity index (χ0) is 17.0. The van der Waals surface area contributed by atoms with E-state index >= 15 is 0 Å². The van der Waals surface area contributed by atoms with Crippen molar-refractivity contribution in [2.24, 2.45) is 5.10 Å². The van der Waals surface area contributed by atoms with E-state index in [1.807, 2.05) is 0 Å². The van der Waals surface area contributed by atoms with Crippen LogP contribution in [-0.2, 0) is 0 Å². The van der Waals surface area contributed by atoms with E-state index in [2.05, 4.69) is 10.5 Å². The lowest BCUT2D eigenvalue weighted by Crippen LogP contribution is -2.05. The Kier molecular flexibility index (Phi) is 4.92. The minimum atomic E-state index is -1.08. The Balaban J connectivity index is 2.29. The first kappa shape index (κ1) is 16.4. The highest BCUT2D eigenvalue weighted by molar-refractivity contribution is 6.32. The highest BCUT2D eigenvalue weighted by Gasteiger charge is 2.14. The van der Waals surface area contributed by atoms with Crippen LogP contribution in [0.25, 0.3) is 0 Å². The zero-order valence-corrected chi connectivity index (χ0v) is 12.7. The summed E-state index contributed by atoms with van der Waals surface area (Å²) in [5, 5.41) is 24.1. The van der Waals surface area contributed by atoms with Crippen LogP contribution in [0.3, 0.4) is 0 Å². The van der Waals surface area contributed by atoms with Gasteiger partial charge in [-0.3, -0.25) is 15.5 Å². The SMILES string of the molecule is C/C(=N\Nc1ccccc1C(=O)O)c1ccc(Cl)c([N+](=O)[O-])c1. The fraction of sp³-hybridized carbons (Fsp3) is 0.0667. The number of para-hydroxylation sites is 1. The number of halogens is 1. The molecule has 0 spiro atoms. The van der Waals surface area contributed by atoms with Crippen molar-refractivity contribution in [3.8, 4) is 0 Å². The van der Waals surface area contributed by atoms with Crippen LogP contribution in [0.15, 0.2) is 47.6 Å². The van der Waals surface area contributed by atoms with E-state index in [1.54, 1.807) is 31.2 Å². The van der Waals surface area contributed by atoms with Gasteiger partial charge in [0.15, 0.2) is 0 Å². The second-order valence-corrected chi connectivity index (χ2v) is 4.99. The lowest BCUT2D eigenvalue weighted by Gasteiger charge is -2.07. The van der Waals surface area contributed by atoms with Gasteiger partial charge in [0.25, 0.3) is 5.69 Å². The van der Waals surface area contributed by atoms with Crippen LogP contribution in [0, 0.1) is 10.1 Å². The molecule has 2 rings (SSSR count). The third-order valence-corrected chi connectivity index (χ3v) is 3.38. The summed E-state index contributed by atoms with van der Waals surface area (Å²) < 4.78 is 0. The van der Waals surface area contributed by atoms with Gasteiger partial charge in [0.05, 0.1) is 21.9 Å². The predicted molar refractivity (Wildman–Crippen MR) is 87.3 cm³/mol. The van der Waals surface area contributed by atoms with Crippen molar-refractivity contribution in [3.05, 3.63) is 68.7 Å². The summed E-state index contributed by atoms with van der Waals surface area (Å²) in [7, 11) is 0. The molecule has 0 heterocycles. The Labute approximate surface area is 136 Å². The molecule has 0 aliphatic heterocycles. The molecule has 0 amide bonds. The molecule has 2 aromatic rings. The van der Waals surface area contributed by atoms with E-state index in [1.165, 1.54) is 18.2 Å². The molecule has 0 fully saturated rings. The molecule has 0 atom stereocenters. The number of carboxylic acids is 1. The molecule has 0 unspecified atom stereocenters. The number of hydrazone groups is 1. The van der Waals surface area contributed by atoms with Crippen LogP contribution in [0.2, 0.25) is 5.02 Å². The number of benzene rings is 2. The molecule has 0 aliphatic rings. The third kappa shape index (κ3) is 3.83. The number of aromatic carboxylic acids is 1. The quantitative estimate of drug-likeness (QED) is 0.492. The maximum atomic E-state index is 11.1. The molecule has 0 aliphatic carbocycles. The maximum Gasteiger partial charge on any atom is 0.337 e. The Hall–Kier alpha value is -2.93. The fourth-order valence-corrected chi connectivity index (χ4v) is 2.04. The van der Waals surface area contributed by atoms with Crippen molar-refractivity contribution in [2.75, 3.05) is 5.43 Å². The standard InChI is InChI=1S/C15H12ClN3O4/c1-9(10-6-7-12(16)14(8-10)19(22)23)17-18-13-5-3-2-4-11(13)15(20)21/h2-8,18H,1H3,(H,20,21)/b17-9+. The summed E-state index contributed by atoms with van der Waals surface area (Å²) in [6.07, 6.45) is 0. The first-order valence-corrected chi connectivity index (χ1v) is 6.85. The number of carbonyl (C=O) groups is 1. The topological polar surface area (TPSA) is 105 Å². The minimum Gasteiger partial charge on any atom is -0.478 e. The van der Waals surface area contributed by atoms with E-state index < -0.39 is 10.9 Å². The molecule has 118 valence electrons. The first-order valence-electron chi connectivity index (χ1n) is 6.47. The van der Waals surface area contributed by atoms with Gasteiger partial charge >= 0.3 is 5.97 Å². The van der Waals surface area contributed by atoms with E-state index in [4.69, 9.17) is 16.7 Å². The average molecular weight is 334 g/mol.